The molecule has 31 heavy (non-hydrogen) atoms. The SMILES string of the molecule is Cc1cccc(OCC(=O)N/N=C\c2sc(=O)n(Cc3cccc(C(=O)[O-])c3)c2Cl)c1. The summed E-state index contributed by atoms with van der Waals surface area (Å²) in [5.41, 5.74) is 3.91. The first-order valence-electron chi connectivity index (χ1n) is 9.04. The molecule has 1 N–H and O–H groups in total. The highest BCUT2D eigenvalue weighted by Gasteiger charge is 2.12. The second kappa shape index (κ2) is 10.1. The number of carboxylic acid groups (broad SMARTS) is 1. The zero-order valence-electron chi connectivity index (χ0n) is 16.3. The van der Waals surface area contributed by atoms with E-state index in [1.165, 1.54) is 22.9 Å². The molecule has 3 rings (SSSR count). The number of amides is 1. The molecule has 0 atom stereocenters. The molecule has 3 aromatic rings. The van der Waals surface area contributed by atoms with Gasteiger partial charge >= 0.3 is 4.87 Å². The van der Waals surface area contributed by atoms with Crippen molar-refractivity contribution < 1.29 is 19.4 Å². The molecule has 0 radical (unpaired) electrons. The van der Waals surface area contributed by atoms with Crippen LogP contribution in [0.4, 0.5) is 0 Å². The van der Waals surface area contributed by atoms with Crippen molar-refractivity contribution in [2.45, 2.75) is 13.5 Å². The van der Waals surface area contributed by atoms with E-state index >= 15 is 0 Å². The highest BCUT2D eigenvalue weighted by Crippen LogP contribution is 2.18. The number of thiazole rings is 1. The topological polar surface area (TPSA) is 113 Å². The molecule has 1 amide bonds. The van der Waals surface area contributed by atoms with Gasteiger partial charge in [-0.15, -0.1) is 0 Å². The Labute approximate surface area is 186 Å². The molecule has 0 saturated heterocycles. The summed E-state index contributed by atoms with van der Waals surface area (Å²) in [6.07, 6.45) is 1.27. The van der Waals surface area contributed by atoms with Gasteiger partial charge < -0.3 is 14.6 Å². The van der Waals surface area contributed by atoms with Gasteiger partial charge in [0.2, 0.25) is 0 Å². The number of ether oxygens (including phenoxy) is 1. The molecule has 1 heterocycles. The Kier molecular flexibility index (Phi) is 7.22. The van der Waals surface area contributed by atoms with Crippen molar-refractivity contribution in [3.8, 4) is 5.75 Å². The molecule has 1 aromatic heterocycles. The number of hydrogen-bond donors (Lipinski definition) is 1. The van der Waals surface area contributed by atoms with E-state index < -0.39 is 11.9 Å². The smallest absolute Gasteiger partial charge is 0.309 e. The number of hydrogen-bond acceptors (Lipinski definition) is 7. The number of aryl methyl sites for hydroxylation is 1. The number of hydrazone groups is 1. The summed E-state index contributed by atoms with van der Waals surface area (Å²) in [6, 6.07) is 13.3. The maximum Gasteiger partial charge on any atom is 0.309 e. The van der Waals surface area contributed by atoms with E-state index in [2.05, 4.69) is 10.5 Å². The lowest BCUT2D eigenvalue weighted by Gasteiger charge is -2.07. The van der Waals surface area contributed by atoms with Gasteiger partial charge in [-0.05, 0) is 41.8 Å². The van der Waals surface area contributed by atoms with Crippen LogP contribution in [0.5, 0.6) is 5.75 Å². The lowest BCUT2D eigenvalue weighted by molar-refractivity contribution is -0.255. The molecule has 0 saturated carbocycles. The van der Waals surface area contributed by atoms with Crippen molar-refractivity contribution in [3.63, 3.8) is 0 Å². The van der Waals surface area contributed by atoms with Gasteiger partial charge in [-0.2, -0.15) is 5.10 Å². The third-order valence-electron chi connectivity index (χ3n) is 4.09. The molecule has 8 nitrogen and oxygen atoms in total. The van der Waals surface area contributed by atoms with Crippen LogP contribution in [0, 0.1) is 6.92 Å². The number of halogens is 1. The summed E-state index contributed by atoms with van der Waals surface area (Å²) in [6.45, 7) is 1.78. The molecule has 0 aliphatic heterocycles. The van der Waals surface area contributed by atoms with Gasteiger partial charge in [-0.3, -0.25) is 14.2 Å². The molecular weight excluding hydrogens is 442 g/mol. The van der Waals surface area contributed by atoms with Crippen LogP contribution >= 0.6 is 22.9 Å². The van der Waals surface area contributed by atoms with Crippen LogP contribution in [-0.4, -0.2) is 29.3 Å². The molecule has 0 aliphatic rings. The number of aromatic nitrogens is 1. The fourth-order valence-corrected chi connectivity index (χ4v) is 3.75. The number of carboxylic acids is 1. The molecule has 0 unspecified atom stereocenters. The number of nitrogens with one attached hydrogen (secondary N) is 1. The number of carbonyl (C=O) groups is 2. The number of aromatic carboxylic acids is 1. The van der Waals surface area contributed by atoms with E-state index in [0.717, 1.165) is 16.9 Å². The number of rotatable bonds is 8. The first-order chi connectivity index (χ1) is 14.8. The minimum absolute atomic E-state index is 0.00859. The van der Waals surface area contributed by atoms with Gasteiger partial charge in [0.25, 0.3) is 5.91 Å². The molecule has 10 heteroatoms. The van der Waals surface area contributed by atoms with Crippen molar-refractivity contribution >= 4 is 41.0 Å². The van der Waals surface area contributed by atoms with E-state index in [0.29, 0.717) is 16.2 Å². The van der Waals surface area contributed by atoms with Gasteiger partial charge in [0, 0.05) is 0 Å². The average Bonchev–Trinajstić information content (AvgIpc) is 3.00. The zero-order valence-corrected chi connectivity index (χ0v) is 17.9. The Bertz CT molecular complexity index is 1200. The van der Waals surface area contributed by atoms with Crippen LogP contribution in [0.1, 0.15) is 26.4 Å². The third-order valence-corrected chi connectivity index (χ3v) is 5.53. The summed E-state index contributed by atoms with van der Waals surface area (Å²) in [5, 5.41) is 14.9. The lowest BCUT2D eigenvalue weighted by Crippen LogP contribution is -2.24. The third kappa shape index (κ3) is 6.03. The van der Waals surface area contributed by atoms with Crippen molar-refractivity contribution in [1.82, 2.24) is 9.99 Å². The number of nitrogens with zero attached hydrogens (tertiary/aromatic N) is 2. The minimum atomic E-state index is -1.31. The second-order valence-electron chi connectivity index (χ2n) is 6.50. The number of carbonyl (C=O) groups excluding carboxylic acids is 2. The molecule has 160 valence electrons. The highest BCUT2D eigenvalue weighted by atomic mass is 35.5. The maximum absolute atomic E-state index is 12.3. The molecule has 2 aromatic carbocycles. The summed E-state index contributed by atoms with van der Waals surface area (Å²) < 4.78 is 6.66. The van der Waals surface area contributed by atoms with Crippen molar-refractivity contribution in [2.75, 3.05) is 6.61 Å². The first kappa shape index (κ1) is 22.3. The predicted molar refractivity (Wildman–Crippen MR) is 116 cm³/mol. The second-order valence-corrected chi connectivity index (χ2v) is 7.85. The number of benzene rings is 2. The summed E-state index contributed by atoms with van der Waals surface area (Å²) in [4.78, 5) is 35.1. The monoisotopic (exact) mass is 458 g/mol. The normalized spacial score (nSPS) is 10.9. The van der Waals surface area contributed by atoms with Crippen molar-refractivity contribution in [1.29, 1.82) is 0 Å². The van der Waals surface area contributed by atoms with E-state index in [4.69, 9.17) is 16.3 Å². The standard InChI is InChI=1S/C21H18ClN3O5S/c1-13-4-2-7-16(8-13)30-12-18(26)24-23-10-17-19(22)25(21(29)31-17)11-14-5-3-6-15(9-14)20(27)28/h2-10H,11-12H2,1H3,(H,24,26)(H,27,28)/p-1/b23-10-. The van der Waals surface area contributed by atoms with Gasteiger partial charge in [-0.1, -0.05) is 53.3 Å². The molecular formula is C21H17ClN3O5S-. The van der Waals surface area contributed by atoms with E-state index in [9.17, 15) is 19.5 Å². The van der Waals surface area contributed by atoms with Crippen LogP contribution in [0.25, 0.3) is 0 Å². The fourth-order valence-electron chi connectivity index (χ4n) is 2.65. The molecule has 0 bridgehead atoms. The highest BCUT2D eigenvalue weighted by molar-refractivity contribution is 7.11. The lowest BCUT2D eigenvalue weighted by atomic mass is 10.1. The molecule has 0 aliphatic carbocycles. The summed E-state index contributed by atoms with van der Waals surface area (Å²) in [7, 11) is 0. The largest absolute Gasteiger partial charge is 0.545 e. The Morgan fingerprint density at radius 3 is 2.77 bits per heavy atom. The maximum atomic E-state index is 12.3. The van der Waals surface area contributed by atoms with Crippen LogP contribution in [0.2, 0.25) is 5.15 Å². The van der Waals surface area contributed by atoms with Crippen LogP contribution < -0.4 is 20.1 Å². The van der Waals surface area contributed by atoms with Crippen LogP contribution in [0.3, 0.4) is 0 Å². The minimum Gasteiger partial charge on any atom is -0.545 e. The summed E-state index contributed by atoms with van der Waals surface area (Å²) >= 11 is 7.12. The van der Waals surface area contributed by atoms with E-state index in [-0.39, 0.29) is 28.7 Å². The summed E-state index contributed by atoms with van der Waals surface area (Å²) in [5.74, 6) is -1.21. The zero-order chi connectivity index (χ0) is 22.4. The Balaban J connectivity index is 1.61. The van der Waals surface area contributed by atoms with Gasteiger partial charge in [-0.25, -0.2) is 5.43 Å². The van der Waals surface area contributed by atoms with Crippen LogP contribution in [0.15, 0.2) is 58.4 Å². The average molecular weight is 459 g/mol. The first-order valence-corrected chi connectivity index (χ1v) is 10.2. The fraction of sp³-hybridized carbons (Fsp3) is 0.143. The quantitative estimate of drug-likeness (QED) is 0.408. The van der Waals surface area contributed by atoms with Gasteiger partial charge in [0.15, 0.2) is 6.61 Å². The van der Waals surface area contributed by atoms with Gasteiger partial charge in [0.1, 0.15) is 10.9 Å². The molecule has 0 fully saturated rings. The molecule has 0 spiro atoms. The van der Waals surface area contributed by atoms with E-state index in [1.807, 2.05) is 19.1 Å². The van der Waals surface area contributed by atoms with Crippen LogP contribution in [-0.2, 0) is 11.3 Å². The van der Waals surface area contributed by atoms with Crippen molar-refractivity contribution in [2.24, 2.45) is 5.10 Å². The van der Waals surface area contributed by atoms with E-state index in [1.54, 1.807) is 24.3 Å². The Hall–Kier alpha value is -3.43. The predicted octanol–water partition coefficient (Wildman–Crippen LogP) is 1.81. The Morgan fingerprint density at radius 1 is 1.26 bits per heavy atom. The van der Waals surface area contributed by atoms with Gasteiger partial charge in [0.05, 0.1) is 23.6 Å². The van der Waals surface area contributed by atoms with Crippen molar-refractivity contribution in [3.05, 3.63) is 84.9 Å². The Morgan fingerprint density at radius 2 is 2.03 bits per heavy atom.